The van der Waals surface area contributed by atoms with Crippen molar-refractivity contribution in [2.24, 2.45) is 5.73 Å². The molecule has 0 aliphatic rings. The van der Waals surface area contributed by atoms with Crippen molar-refractivity contribution >= 4 is 23.4 Å². The summed E-state index contributed by atoms with van der Waals surface area (Å²) >= 11 is 5.72. The second kappa shape index (κ2) is 5.46. The molecular formula is C10H10ClFN2O2. The van der Waals surface area contributed by atoms with Gasteiger partial charge in [0.25, 0.3) is 0 Å². The highest BCUT2D eigenvalue weighted by Gasteiger charge is 2.11. The molecule has 1 aromatic rings. The highest BCUT2D eigenvalue weighted by atomic mass is 35.5. The van der Waals surface area contributed by atoms with E-state index < -0.39 is 17.6 Å². The normalized spacial score (nSPS) is 9.88. The number of primary amides is 1. The summed E-state index contributed by atoms with van der Waals surface area (Å²) in [6, 6.07) is 4.15. The molecule has 0 saturated carbocycles. The molecule has 0 bridgehead atoms. The monoisotopic (exact) mass is 244 g/mol. The summed E-state index contributed by atoms with van der Waals surface area (Å²) in [4.78, 5) is 21.7. The Morgan fingerprint density at radius 2 is 2.12 bits per heavy atom. The number of benzene rings is 1. The van der Waals surface area contributed by atoms with Crippen molar-refractivity contribution in [3.63, 3.8) is 0 Å². The fourth-order valence-corrected chi connectivity index (χ4v) is 1.34. The average Bonchev–Trinajstić information content (AvgIpc) is 2.21. The van der Waals surface area contributed by atoms with Crippen LogP contribution in [0.25, 0.3) is 0 Å². The van der Waals surface area contributed by atoms with Gasteiger partial charge in [-0.15, -0.1) is 0 Å². The fraction of sp³-hybridized carbons (Fsp3) is 0.200. The van der Waals surface area contributed by atoms with E-state index >= 15 is 0 Å². The van der Waals surface area contributed by atoms with Crippen LogP contribution in [0.1, 0.15) is 5.56 Å². The second-order valence-electron chi connectivity index (χ2n) is 3.12. The Hall–Kier alpha value is -1.62. The second-order valence-corrected chi connectivity index (χ2v) is 3.53. The van der Waals surface area contributed by atoms with Crippen molar-refractivity contribution < 1.29 is 14.0 Å². The van der Waals surface area contributed by atoms with Crippen molar-refractivity contribution in [3.8, 4) is 0 Å². The smallest absolute Gasteiger partial charge is 0.236 e. The third-order valence-corrected chi connectivity index (χ3v) is 2.21. The third kappa shape index (κ3) is 3.51. The molecule has 2 amide bonds. The van der Waals surface area contributed by atoms with E-state index in [-0.39, 0.29) is 23.6 Å². The molecule has 0 aliphatic heterocycles. The van der Waals surface area contributed by atoms with Crippen LogP contribution in [0.3, 0.4) is 0 Å². The Bertz CT molecular complexity index is 403. The molecule has 3 N–H and O–H groups in total. The van der Waals surface area contributed by atoms with Crippen molar-refractivity contribution in [2.75, 3.05) is 6.54 Å². The molecule has 86 valence electrons. The highest BCUT2D eigenvalue weighted by molar-refractivity contribution is 6.31. The largest absolute Gasteiger partial charge is 0.368 e. The van der Waals surface area contributed by atoms with Gasteiger partial charge in [0, 0.05) is 10.6 Å². The zero-order valence-corrected chi connectivity index (χ0v) is 9.05. The first-order valence-corrected chi connectivity index (χ1v) is 4.86. The van der Waals surface area contributed by atoms with E-state index in [0.717, 1.165) is 0 Å². The van der Waals surface area contributed by atoms with Crippen molar-refractivity contribution in [1.29, 1.82) is 0 Å². The molecule has 6 heteroatoms. The molecule has 4 nitrogen and oxygen atoms in total. The van der Waals surface area contributed by atoms with Crippen LogP contribution in [0.2, 0.25) is 5.02 Å². The first-order valence-electron chi connectivity index (χ1n) is 4.48. The number of rotatable bonds is 4. The minimum atomic E-state index is -0.659. The van der Waals surface area contributed by atoms with Gasteiger partial charge in [0.2, 0.25) is 11.8 Å². The number of hydrogen-bond donors (Lipinski definition) is 2. The van der Waals surface area contributed by atoms with Crippen molar-refractivity contribution in [1.82, 2.24) is 5.32 Å². The highest BCUT2D eigenvalue weighted by Crippen LogP contribution is 2.19. The lowest BCUT2D eigenvalue weighted by Crippen LogP contribution is -2.34. The van der Waals surface area contributed by atoms with Crippen LogP contribution in [-0.4, -0.2) is 18.4 Å². The Morgan fingerprint density at radius 3 is 2.69 bits per heavy atom. The van der Waals surface area contributed by atoms with Gasteiger partial charge in [-0.25, -0.2) is 4.39 Å². The minimum Gasteiger partial charge on any atom is -0.368 e. The molecule has 1 aromatic carbocycles. The number of halogens is 2. The number of nitrogens with one attached hydrogen (secondary N) is 1. The van der Waals surface area contributed by atoms with Gasteiger partial charge in [0.1, 0.15) is 5.82 Å². The topological polar surface area (TPSA) is 72.2 Å². The molecule has 0 atom stereocenters. The molecule has 0 spiro atoms. The zero-order valence-electron chi connectivity index (χ0n) is 8.30. The molecule has 0 fully saturated rings. The molecule has 0 unspecified atom stereocenters. The van der Waals surface area contributed by atoms with E-state index in [1.165, 1.54) is 18.2 Å². The Balaban J connectivity index is 2.66. The van der Waals surface area contributed by atoms with Gasteiger partial charge in [0.15, 0.2) is 0 Å². The predicted molar refractivity (Wildman–Crippen MR) is 57.3 cm³/mol. The summed E-state index contributed by atoms with van der Waals surface area (Å²) in [5, 5.41) is 2.42. The molecule has 0 aromatic heterocycles. The van der Waals surface area contributed by atoms with Crippen LogP contribution in [-0.2, 0) is 16.0 Å². The number of nitrogens with two attached hydrogens (primary N) is 1. The maximum Gasteiger partial charge on any atom is 0.236 e. The van der Waals surface area contributed by atoms with Gasteiger partial charge in [-0.1, -0.05) is 17.7 Å². The molecule has 0 aliphatic carbocycles. The van der Waals surface area contributed by atoms with E-state index in [1.807, 2.05) is 0 Å². The summed E-state index contributed by atoms with van der Waals surface area (Å²) in [5.41, 5.74) is 4.94. The van der Waals surface area contributed by atoms with Gasteiger partial charge in [-0.05, 0) is 12.1 Å². The standard InChI is InChI=1S/C10H10ClFN2O2/c11-7-2-1-3-8(12)6(7)4-10(16)14-5-9(13)15/h1-3H,4-5H2,(H2,13,15)(H,14,16). The maximum absolute atomic E-state index is 13.3. The molecule has 1 rings (SSSR count). The molecule has 0 heterocycles. The van der Waals surface area contributed by atoms with Crippen LogP contribution in [0.5, 0.6) is 0 Å². The van der Waals surface area contributed by atoms with Crippen LogP contribution < -0.4 is 11.1 Å². The molecular weight excluding hydrogens is 235 g/mol. The zero-order chi connectivity index (χ0) is 12.1. The van der Waals surface area contributed by atoms with Gasteiger partial charge in [0.05, 0.1) is 13.0 Å². The van der Waals surface area contributed by atoms with E-state index in [4.69, 9.17) is 17.3 Å². The maximum atomic E-state index is 13.3. The first-order chi connectivity index (χ1) is 7.50. The van der Waals surface area contributed by atoms with Gasteiger partial charge >= 0.3 is 0 Å². The van der Waals surface area contributed by atoms with Gasteiger partial charge in [-0.3, -0.25) is 9.59 Å². The van der Waals surface area contributed by atoms with E-state index in [1.54, 1.807) is 0 Å². The molecule has 0 saturated heterocycles. The van der Waals surface area contributed by atoms with Crippen molar-refractivity contribution in [3.05, 3.63) is 34.6 Å². The molecule has 16 heavy (non-hydrogen) atoms. The Labute approximate surface area is 96.6 Å². The van der Waals surface area contributed by atoms with Crippen LogP contribution in [0, 0.1) is 5.82 Å². The summed E-state index contributed by atoms with van der Waals surface area (Å²) in [7, 11) is 0. The lowest BCUT2D eigenvalue weighted by atomic mass is 10.1. The first kappa shape index (κ1) is 12.4. The summed E-state index contributed by atoms with van der Waals surface area (Å²) in [5.74, 6) is -1.72. The van der Waals surface area contributed by atoms with Gasteiger partial charge < -0.3 is 11.1 Å². The van der Waals surface area contributed by atoms with Crippen LogP contribution in [0.15, 0.2) is 18.2 Å². The van der Waals surface area contributed by atoms with E-state index in [0.29, 0.717) is 0 Å². The fourth-order valence-electron chi connectivity index (χ4n) is 1.11. The Morgan fingerprint density at radius 1 is 1.44 bits per heavy atom. The number of hydrogen-bond acceptors (Lipinski definition) is 2. The van der Waals surface area contributed by atoms with Crippen molar-refractivity contribution in [2.45, 2.75) is 6.42 Å². The third-order valence-electron chi connectivity index (χ3n) is 1.86. The van der Waals surface area contributed by atoms with Gasteiger partial charge in [-0.2, -0.15) is 0 Å². The minimum absolute atomic E-state index is 0.103. The summed E-state index contributed by atoms with van der Waals surface area (Å²) in [6.07, 6.45) is -0.223. The number of amides is 2. The van der Waals surface area contributed by atoms with Crippen LogP contribution in [0.4, 0.5) is 4.39 Å². The van der Waals surface area contributed by atoms with E-state index in [9.17, 15) is 14.0 Å². The molecule has 0 radical (unpaired) electrons. The summed E-state index contributed by atoms with van der Waals surface area (Å²) in [6.45, 7) is -0.273. The number of carbonyl (C=O) groups is 2. The van der Waals surface area contributed by atoms with Crippen LogP contribution >= 0.6 is 11.6 Å². The predicted octanol–water partition coefficient (Wildman–Crippen LogP) is 0.623. The SMILES string of the molecule is NC(=O)CNC(=O)Cc1c(F)cccc1Cl. The number of carbonyl (C=O) groups excluding carboxylic acids is 2. The lowest BCUT2D eigenvalue weighted by molar-refractivity contribution is -0.124. The lowest BCUT2D eigenvalue weighted by Gasteiger charge is -2.05. The van der Waals surface area contributed by atoms with E-state index in [2.05, 4.69) is 5.32 Å². The summed E-state index contributed by atoms with van der Waals surface area (Å²) < 4.78 is 13.3. The average molecular weight is 245 g/mol. The quantitative estimate of drug-likeness (QED) is 0.815. The Kier molecular flexibility index (Phi) is 4.25.